The Bertz CT molecular complexity index is 1170. The second-order valence-electron chi connectivity index (χ2n) is 8.49. The fourth-order valence-corrected chi connectivity index (χ4v) is 5.76. The summed E-state index contributed by atoms with van der Waals surface area (Å²) in [5.41, 5.74) is -1.47. The first kappa shape index (κ1) is 31.1. The topological polar surface area (TPSA) is 190 Å². The van der Waals surface area contributed by atoms with E-state index in [4.69, 9.17) is 35.9 Å². The minimum atomic E-state index is -5.30. The summed E-state index contributed by atoms with van der Waals surface area (Å²) < 4.78 is 27.9. The van der Waals surface area contributed by atoms with E-state index < -0.39 is 32.7 Å². The molecule has 1 aromatic heterocycles. The zero-order chi connectivity index (χ0) is 27.8. The number of nitrogens with zero attached hydrogens (tertiary/aromatic N) is 3. The van der Waals surface area contributed by atoms with Crippen LogP contribution in [0.4, 0.5) is 10.5 Å². The number of amides is 2. The quantitative estimate of drug-likeness (QED) is 0.173. The smallest absolute Gasteiger partial charge is 0.414 e. The molecule has 0 saturated carbocycles. The molecule has 0 unspecified atom stereocenters. The predicted molar refractivity (Wildman–Crippen MR) is 138 cm³/mol. The number of aromatic nitrogens is 1. The van der Waals surface area contributed by atoms with Gasteiger partial charge in [0.05, 0.1) is 17.8 Å². The van der Waals surface area contributed by atoms with Crippen LogP contribution in [0.25, 0.3) is 10.9 Å². The maximum atomic E-state index is 13.0. The standard InChI is InChI=1S/C21H31ClN4O9P2/c1-25(2)11-3-4-12-26(18-9-10-23-17-14-15(22)7-8-16(17)18)21(28)35-13-5-6-19(27)24-20(36(29,30)31)37(32,33)34/h7-10,14,20H,3-6,11-13H2,1-2H3,(H,24,27)(H2,29,30,31)(H2,32,33,34). The number of halogens is 1. The Labute approximate surface area is 219 Å². The van der Waals surface area contributed by atoms with E-state index >= 15 is 0 Å². The van der Waals surface area contributed by atoms with Gasteiger partial charge in [0, 0.05) is 29.6 Å². The largest absolute Gasteiger partial charge is 0.449 e. The number of carbonyl (C=O) groups is 2. The lowest BCUT2D eigenvalue weighted by atomic mass is 10.1. The average molecular weight is 581 g/mol. The number of hydrogen-bond donors (Lipinski definition) is 5. The van der Waals surface area contributed by atoms with Crippen LogP contribution in [0.2, 0.25) is 5.02 Å². The molecule has 1 heterocycles. The van der Waals surface area contributed by atoms with E-state index in [1.54, 1.807) is 35.8 Å². The molecule has 206 valence electrons. The molecule has 1 aromatic carbocycles. The van der Waals surface area contributed by atoms with Crippen molar-refractivity contribution in [1.29, 1.82) is 0 Å². The van der Waals surface area contributed by atoms with Gasteiger partial charge in [-0.2, -0.15) is 0 Å². The third kappa shape index (κ3) is 9.96. The second kappa shape index (κ2) is 13.6. The number of fused-ring (bicyclic) bond motifs is 1. The number of hydrogen-bond acceptors (Lipinski definition) is 7. The molecule has 0 saturated heterocycles. The Hall–Kier alpha value is -2.08. The average Bonchev–Trinajstić information content (AvgIpc) is 2.78. The Balaban J connectivity index is 2.05. The lowest BCUT2D eigenvalue weighted by Crippen LogP contribution is -2.35. The Morgan fingerprint density at radius 3 is 2.32 bits per heavy atom. The van der Waals surface area contributed by atoms with Gasteiger partial charge in [-0.3, -0.25) is 23.8 Å². The number of anilines is 1. The summed E-state index contributed by atoms with van der Waals surface area (Å²) >= 11 is 6.07. The SMILES string of the molecule is CN(C)CCCCN(C(=O)OCCCC(=O)NC(P(=O)(O)O)P(=O)(O)O)c1ccnc2cc(Cl)ccc12. The monoisotopic (exact) mass is 580 g/mol. The lowest BCUT2D eigenvalue weighted by Gasteiger charge is -2.24. The summed E-state index contributed by atoms with van der Waals surface area (Å²) in [5, 5.41) is 2.85. The van der Waals surface area contributed by atoms with Crippen molar-refractivity contribution in [2.75, 3.05) is 38.7 Å². The Kier molecular flexibility index (Phi) is 11.5. The van der Waals surface area contributed by atoms with Gasteiger partial charge in [-0.1, -0.05) is 11.6 Å². The first-order valence-electron chi connectivity index (χ1n) is 11.2. The molecule has 13 nitrogen and oxygen atoms in total. The van der Waals surface area contributed by atoms with Gasteiger partial charge in [0.25, 0.3) is 0 Å². The summed E-state index contributed by atoms with van der Waals surface area (Å²) in [6.07, 6.45) is 1.95. The normalized spacial score (nSPS) is 12.2. The van der Waals surface area contributed by atoms with Crippen molar-refractivity contribution in [3.05, 3.63) is 35.5 Å². The third-order valence-electron chi connectivity index (χ3n) is 5.13. The van der Waals surface area contributed by atoms with Crippen molar-refractivity contribution in [2.24, 2.45) is 0 Å². The van der Waals surface area contributed by atoms with E-state index in [1.165, 1.54) is 4.90 Å². The molecule has 0 aliphatic carbocycles. The van der Waals surface area contributed by atoms with Crippen LogP contribution in [-0.4, -0.2) is 80.8 Å². The first-order valence-corrected chi connectivity index (χ1v) is 15.0. The molecule has 0 aliphatic heterocycles. The minimum absolute atomic E-state index is 0.0478. The fraction of sp³-hybridized carbons (Fsp3) is 0.476. The molecule has 0 aliphatic rings. The first-order chi connectivity index (χ1) is 17.2. The van der Waals surface area contributed by atoms with Crippen LogP contribution in [0.5, 0.6) is 0 Å². The van der Waals surface area contributed by atoms with Gasteiger partial charge in [0.1, 0.15) is 0 Å². The van der Waals surface area contributed by atoms with E-state index in [-0.39, 0.29) is 19.4 Å². The number of carbonyl (C=O) groups excluding carboxylic acids is 2. The Morgan fingerprint density at radius 1 is 1.05 bits per heavy atom. The Morgan fingerprint density at radius 2 is 1.70 bits per heavy atom. The third-order valence-corrected chi connectivity index (χ3v) is 8.70. The number of unbranched alkanes of at least 4 members (excludes halogenated alkanes) is 1. The van der Waals surface area contributed by atoms with Gasteiger partial charge in [-0.15, -0.1) is 0 Å². The molecule has 37 heavy (non-hydrogen) atoms. The van der Waals surface area contributed by atoms with E-state index in [9.17, 15) is 18.7 Å². The van der Waals surface area contributed by atoms with Crippen molar-refractivity contribution in [3.8, 4) is 0 Å². The highest BCUT2D eigenvalue weighted by molar-refractivity contribution is 7.70. The summed E-state index contributed by atoms with van der Waals surface area (Å²) in [7, 11) is -6.70. The highest BCUT2D eigenvalue weighted by Gasteiger charge is 2.44. The molecule has 2 rings (SSSR count). The molecule has 2 amide bonds. The number of rotatable bonds is 13. The van der Waals surface area contributed by atoms with Crippen LogP contribution in [-0.2, 0) is 18.7 Å². The summed E-state index contributed by atoms with van der Waals surface area (Å²) in [4.78, 5) is 69.2. The predicted octanol–water partition coefficient (Wildman–Crippen LogP) is 2.71. The number of nitrogens with one attached hydrogen (secondary N) is 1. The van der Waals surface area contributed by atoms with Crippen LogP contribution in [0.3, 0.4) is 0 Å². The summed E-state index contributed by atoms with van der Waals surface area (Å²) in [6.45, 7) is 0.960. The molecular formula is C21H31ClN4O9P2. The maximum absolute atomic E-state index is 13.0. The highest BCUT2D eigenvalue weighted by atomic mass is 35.5. The molecule has 0 atom stereocenters. The van der Waals surface area contributed by atoms with E-state index in [2.05, 4.69) is 4.98 Å². The second-order valence-corrected chi connectivity index (χ2v) is 12.7. The van der Waals surface area contributed by atoms with Gasteiger partial charge in [0.2, 0.25) is 11.4 Å². The molecule has 0 bridgehead atoms. The molecule has 0 radical (unpaired) electrons. The van der Waals surface area contributed by atoms with E-state index in [1.807, 2.05) is 19.0 Å². The van der Waals surface area contributed by atoms with Crippen molar-refractivity contribution in [2.45, 2.75) is 31.2 Å². The molecular weight excluding hydrogens is 550 g/mol. The fourth-order valence-electron chi connectivity index (χ4n) is 3.40. The molecule has 16 heteroatoms. The van der Waals surface area contributed by atoms with Crippen LogP contribution in [0.1, 0.15) is 25.7 Å². The van der Waals surface area contributed by atoms with Crippen molar-refractivity contribution in [3.63, 3.8) is 0 Å². The highest BCUT2D eigenvalue weighted by Crippen LogP contribution is 2.58. The van der Waals surface area contributed by atoms with Gasteiger partial charge in [-0.05, 0) is 64.2 Å². The zero-order valence-corrected chi connectivity index (χ0v) is 22.9. The van der Waals surface area contributed by atoms with Crippen molar-refractivity contribution < 1.29 is 43.0 Å². The van der Waals surface area contributed by atoms with E-state index in [0.29, 0.717) is 34.6 Å². The van der Waals surface area contributed by atoms with Gasteiger partial charge in [0.15, 0.2) is 0 Å². The molecule has 2 aromatic rings. The number of ether oxygens (including phenoxy) is 1. The summed E-state index contributed by atoms with van der Waals surface area (Å²) in [6, 6.07) is 6.80. The maximum Gasteiger partial charge on any atom is 0.414 e. The van der Waals surface area contributed by atoms with Gasteiger partial charge >= 0.3 is 21.3 Å². The molecule has 5 N–H and O–H groups in total. The van der Waals surface area contributed by atoms with Crippen LogP contribution in [0.15, 0.2) is 30.5 Å². The zero-order valence-electron chi connectivity index (χ0n) is 20.4. The summed E-state index contributed by atoms with van der Waals surface area (Å²) in [5.74, 6) is -1.01. The van der Waals surface area contributed by atoms with Gasteiger partial charge in [-0.25, -0.2) is 4.79 Å². The number of benzene rings is 1. The van der Waals surface area contributed by atoms with Crippen LogP contribution >= 0.6 is 26.8 Å². The van der Waals surface area contributed by atoms with E-state index in [0.717, 1.165) is 13.0 Å². The van der Waals surface area contributed by atoms with Crippen molar-refractivity contribution >= 4 is 55.4 Å². The van der Waals surface area contributed by atoms with Crippen molar-refractivity contribution in [1.82, 2.24) is 15.2 Å². The van der Waals surface area contributed by atoms with Crippen LogP contribution < -0.4 is 10.2 Å². The number of pyridine rings is 1. The molecule has 0 spiro atoms. The van der Waals surface area contributed by atoms with Gasteiger partial charge < -0.3 is 34.5 Å². The lowest BCUT2D eigenvalue weighted by molar-refractivity contribution is -0.121. The van der Waals surface area contributed by atoms with Crippen LogP contribution in [0, 0.1) is 0 Å². The minimum Gasteiger partial charge on any atom is -0.449 e. The molecule has 0 fully saturated rings.